The summed E-state index contributed by atoms with van der Waals surface area (Å²) >= 11 is 0. The Labute approximate surface area is 85.0 Å². The lowest BCUT2D eigenvalue weighted by Crippen LogP contribution is -2.44. The number of carbonyl (C=O) groups excluding carboxylic acids is 2. The average molecular weight is 201 g/mol. The zero-order valence-corrected chi connectivity index (χ0v) is 9.13. The predicted molar refractivity (Wildman–Crippen MR) is 54.2 cm³/mol. The van der Waals surface area contributed by atoms with Crippen molar-refractivity contribution >= 4 is 12.4 Å². The quantitative estimate of drug-likeness (QED) is 0.527. The highest BCUT2D eigenvalue weighted by atomic mass is 16.5. The van der Waals surface area contributed by atoms with Gasteiger partial charge >= 0.3 is 6.09 Å². The van der Waals surface area contributed by atoms with Crippen LogP contribution in [0.5, 0.6) is 0 Å². The number of hydrogen-bond donors (Lipinski definition) is 1. The van der Waals surface area contributed by atoms with Gasteiger partial charge in [0.05, 0.1) is 6.61 Å². The molecule has 0 aliphatic carbocycles. The van der Waals surface area contributed by atoms with E-state index in [4.69, 9.17) is 4.74 Å². The first kappa shape index (κ1) is 12.9. The smallest absolute Gasteiger partial charge is 0.407 e. The average Bonchev–Trinajstić information content (AvgIpc) is 2.03. The molecule has 0 unspecified atom stereocenters. The monoisotopic (exact) mass is 201 g/mol. The van der Waals surface area contributed by atoms with E-state index in [0.717, 1.165) is 19.1 Å². The van der Waals surface area contributed by atoms with Gasteiger partial charge in [-0.1, -0.05) is 13.3 Å². The van der Waals surface area contributed by atoms with E-state index in [9.17, 15) is 9.59 Å². The van der Waals surface area contributed by atoms with E-state index in [1.165, 1.54) is 0 Å². The number of rotatable bonds is 6. The van der Waals surface area contributed by atoms with Gasteiger partial charge in [-0.05, 0) is 20.3 Å². The molecule has 0 bridgehead atoms. The van der Waals surface area contributed by atoms with Crippen LogP contribution in [-0.2, 0) is 9.53 Å². The topological polar surface area (TPSA) is 55.4 Å². The van der Waals surface area contributed by atoms with Gasteiger partial charge in [0.25, 0.3) is 0 Å². The number of ether oxygens (including phenoxy) is 1. The number of nitrogens with one attached hydrogen (secondary N) is 1. The number of hydrogen-bond acceptors (Lipinski definition) is 3. The van der Waals surface area contributed by atoms with Gasteiger partial charge in [-0.3, -0.25) is 0 Å². The number of amides is 1. The van der Waals surface area contributed by atoms with Crippen molar-refractivity contribution in [2.75, 3.05) is 6.61 Å². The van der Waals surface area contributed by atoms with Crippen LogP contribution in [0.4, 0.5) is 4.79 Å². The zero-order valence-electron chi connectivity index (χ0n) is 9.13. The molecule has 82 valence electrons. The molecule has 0 spiro atoms. The molecule has 1 N–H and O–H groups in total. The second kappa shape index (κ2) is 6.40. The highest BCUT2D eigenvalue weighted by Crippen LogP contribution is 2.05. The summed E-state index contributed by atoms with van der Waals surface area (Å²) in [5.41, 5.74) is -0.523. The molecule has 0 saturated carbocycles. The summed E-state index contributed by atoms with van der Waals surface area (Å²) in [6.07, 6.45) is 2.47. The zero-order chi connectivity index (χ0) is 11.0. The molecule has 1 amide bonds. The third-order valence-corrected chi connectivity index (χ3v) is 1.77. The van der Waals surface area contributed by atoms with Crippen molar-refractivity contribution in [3.63, 3.8) is 0 Å². The van der Waals surface area contributed by atoms with Crippen molar-refractivity contribution in [1.29, 1.82) is 0 Å². The normalized spacial score (nSPS) is 10.8. The molecule has 4 nitrogen and oxygen atoms in total. The van der Waals surface area contributed by atoms with E-state index in [-0.39, 0.29) is 6.42 Å². The molecule has 0 radical (unpaired) electrons. The Morgan fingerprint density at radius 2 is 2.14 bits per heavy atom. The molecule has 0 heterocycles. The molecular weight excluding hydrogens is 182 g/mol. The fraction of sp³-hybridized carbons (Fsp3) is 0.800. The molecule has 0 aromatic carbocycles. The highest BCUT2D eigenvalue weighted by Gasteiger charge is 2.20. The minimum absolute atomic E-state index is 0.288. The van der Waals surface area contributed by atoms with Crippen LogP contribution in [-0.4, -0.2) is 24.5 Å². The lowest BCUT2D eigenvalue weighted by molar-refractivity contribution is -0.108. The second-order valence-electron chi connectivity index (χ2n) is 3.87. The van der Waals surface area contributed by atoms with E-state index in [2.05, 4.69) is 5.32 Å². The molecule has 0 aromatic rings. The second-order valence-corrected chi connectivity index (χ2v) is 3.87. The summed E-state index contributed by atoms with van der Waals surface area (Å²) in [5, 5.41) is 2.62. The van der Waals surface area contributed by atoms with Crippen LogP contribution < -0.4 is 5.32 Å². The Morgan fingerprint density at radius 3 is 2.64 bits per heavy atom. The summed E-state index contributed by atoms with van der Waals surface area (Å²) in [5.74, 6) is 0. The van der Waals surface area contributed by atoms with Crippen LogP contribution in [0.15, 0.2) is 0 Å². The maximum absolute atomic E-state index is 11.2. The predicted octanol–water partition coefficient (Wildman–Crippen LogP) is 1.88. The Hall–Kier alpha value is -1.06. The summed E-state index contributed by atoms with van der Waals surface area (Å²) in [6.45, 7) is 6.02. The number of aldehydes is 1. The molecule has 0 aliphatic heterocycles. The van der Waals surface area contributed by atoms with Crippen LogP contribution in [0.1, 0.15) is 40.0 Å². The minimum atomic E-state index is -0.523. The van der Waals surface area contributed by atoms with Crippen LogP contribution in [0, 0.1) is 0 Å². The Balaban J connectivity index is 3.75. The first-order valence-electron chi connectivity index (χ1n) is 4.90. The Kier molecular flexibility index (Phi) is 5.92. The molecule has 0 atom stereocenters. The van der Waals surface area contributed by atoms with Crippen molar-refractivity contribution < 1.29 is 14.3 Å². The summed E-state index contributed by atoms with van der Waals surface area (Å²) in [6, 6.07) is 0. The minimum Gasteiger partial charge on any atom is -0.450 e. The first-order chi connectivity index (χ1) is 6.52. The molecule has 4 heteroatoms. The van der Waals surface area contributed by atoms with Gasteiger partial charge in [0.15, 0.2) is 0 Å². The van der Waals surface area contributed by atoms with Gasteiger partial charge in [-0.15, -0.1) is 0 Å². The van der Waals surface area contributed by atoms with E-state index >= 15 is 0 Å². The molecular formula is C10H19NO3. The third kappa shape index (κ3) is 6.46. The van der Waals surface area contributed by atoms with Crippen molar-refractivity contribution in [3.05, 3.63) is 0 Å². The van der Waals surface area contributed by atoms with Crippen LogP contribution >= 0.6 is 0 Å². The van der Waals surface area contributed by atoms with Gasteiger partial charge in [-0.2, -0.15) is 0 Å². The largest absolute Gasteiger partial charge is 0.450 e. The molecule has 0 aliphatic rings. The molecule has 0 fully saturated rings. The third-order valence-electron chi connectivity index (χ3n) is 1.77. The fourth-order valence-electron chi connectivity index (χ4n) is 0.881. The van der Waals surface area contributed by atoms with E-state index < -0.39 is 11.6 Å². The summed E-state index contributed by atoms with van der Waals surface area (Å²) in [4.78, 5) is 21.4. The van der Waals surface area contributed by atoms with Crippen LogP contribution in [0.25, 0.3) is 0 Å². The van der Waals surface area contributed by atoms with Crippen molar-refractivity contribution in [2.24, 2.45) is 0 Å². The maximum Gasteiger partial charge on any atom is 0.407 e. The summed E-state index contributed by atoms with van der Waals surface area (Å²) < 4.78 is 4.90. The lowest BCUT2D eigenvalue weighted by atomic mass is 10.0. The number of unbranched alkanes of at least 4 members (excludes halogenated alkanes) is 1. The molecule has 0 aromatic heterocycles. The van der Waals surface area contributed by atoms with Gasteiger partial charge < -0.3 is 14.8 Å². The SMILES string of the molecule is CCCCOC(=O)NC(C)(C)CC=O. The van der Waals surface area contributed by atoms with E-state index in [0.29, 0.717) is 6.61 Å². The van der Waals surface area contributed by atoms with Crippen LogP contribution in [0.2, 0.25) is 0 Å². The highest BCUT2D eigenvalue weighted by molar-refractivity contribution is 5.69. The van der Waals surface area contributed by atoms with Crippen LogP contribution in [0.3, 0.4) is 0 Å². The van der Waals surface area contributed by atoms with Gasteiger partial charge in [-0.25, -0.2) is 4.79 Å². The van der Waals surface area contributed by atoms with Gasteiger partial charge in [0.2, 0.25) is 0 Å². The fourth-order valence-corrected chi connectivity index (χ4v) is 0.881. The van der Waals surface area contributed by atoms with Crippen molar-refractivity contribution in [1.82, 2.24) is 5.32 Å². The molecule has 0 rings (SSSR count). The van der Waals surface area contributed by atoms with Gasteiger partial charge in [0, 0.05) is 12.0 Å². The van der Waals surface area contributed by atoms with Crippen molar-refractivity contribution in [3.8, 4) is 0 Å². The lowest BCUT2D eigenvalue weighted by Gasteiger charge is -2.23. The first-order valence-corrected chi connectivity index (χ1v) is 4.90. The number of carbonyl (C=O) groups is 2. The Bertz CT molecular complexity index is 190. The summed E-state index contributed by atoms with van der Waals surface area (Å²) in [7, 11) is 0. The standard InChI is InChI=1S/C10H19NO3/c1-4-5-8-14-9(13)11-10(2,3)6-7-12/h7H,4-6,8H2,1-3H3,(H,11,13). The molecule has 14 heavy (non-hydrogen) atoms. The van der Waals surface area contributed by atoms with E-state index in [1.54, 1.807) is 13.8 Å². The van der Waals surface area contributed by atoms with Crippen molar-refractivity contribution in [2.45, 2.75) is 45.6 Å². The number of alkyl carbamates (subject to hydrolysis) is 1. The van der Waals surface area contributed by atoms with E-state index in [1.807, 2.05) is 6.92 Å². The Morgan fingerprint density at radius 1 is 1.50 bits per heavy atom. The molecule has 0 saturated heterocycles. The van der Waals surface area contributed by atoms with Gasteiger partial charge in [0.1, 0.15) is 6.29 Å². The maximum atomic E-state index is 11.2.